The second-order valence-electron chi connectivity index (χ2n) is 5.60. The summed E-state index contributed by atoms with van der Waals surface area (Å²) in [6, 6.07) is 10.9. The number of aromatic nitrogens is 2. The van der Waals surface area contributed by atoms with Crippen LogP contribution in [0, 0.1) is 6.92 Å². The van der Waals surface area contributed by atoms with Gasteiger partial charge in [-0.2, -0.15) is 0 Å². The lowest BCUT2D eigenvalue weighted by Gasteiger charge is -2.09. The van der Waals surface area contributed by atoms with Crippen LogP contribution in [0.25, 0.3) is 5.65 Å². The lowest BCUT2D eigenvalue weighted by atomic mass is 10.3. The molecule has 0 radical (unpaired) electrons. The standard InChI is InChI=1S/C19H21N3O4/c1-13-17(22-11-4-5-16(25-3)18(22)21-13)19(23)20-10-12-26-15-8-6-14(24-2)7-9-15/h4-9,11H,10,12H2,1-3H3,(H,20,23). The van der Waals surface area contributed by atoms with Crippen LogP contribution in [0.1, 0.15) is 16.2 Å². The van der Waals surface area contributed by atoms with Crippen LogP contribution in [0.15, 0.2) is 42.6 Å². The molecule has 0 atom stereocenters. The van der Waals surface area contributed by atoms with Gasteiger partial charge in [0.15, 0.2) is 11.4 Å². The third kappa shape index (κ3) is 3.56. The molecule has 0 fully saturated rings. The number of hydrogen-bond acceptors (Lipinski definition) is 5. The maximum atomic E-state index is 12.6. The number of amides is 1. The van der Waals surface area contributed by atoms with Gasteiger partial charge in [-0.05, 0) is 43.3 Å². The highest BCUT2D eigenvalue weighted by molar-refractivity contribution is 5.94. The van der Waals surface area contributed by atoms with Gasteiger partial charge in [0.05, 0.1) is 26.5 Å². The Morgan fingerprint density at radius 1 is 1.12 bits per heavy atom. The van der Waals surface area contributed by atoms with Crippen LogP contribution >= 0.6 is 0 Å². The number of carbonyl (C=O) groups is 1. The van der Waals surface area contributed by atoms with Gasteiger partial charge in [0.1, 0.15) is 23.8 Å². The Kier molecular flexibility index (Phi) is 5.26. The largest absolute Gasteiger partial charge is 0.497 e. The van der Waals surface area contributed by atoms with E-state index in [0.717, 1.165) is 11.5 Å². The van der Waals surface area contributed by atoms with E-state index in [2.05, 4.69) is 10.3 Å². The first-order valence-electron chi connectivity index (χ1n) is 8.20. The molecule has 2 heterocycles. The van der Waals surface area contributed by atoms with Gasteiger partial charge in [-0.1, -0.05) is 0 Å². The Morgan fingerprint density at radius 2 is 1.85 bits per heavy atom. The van der Waals surface area contributed by atoms with Gasteiger partial charge >= 0.3 is 0 Å². The number of imidazole rings is 1. The number of hydrogen-bond donors (Lipinski definition) is 1. The molecule has 0 spiro atoms. The molecule has 0 bridgehead atoms. The third-order valence-electron chi connectivity index (χ3n) is 3.94. The number of rotatable bonds is 7. The monoisotopic (exact) mass is 355 g/mol. The topological polar surface area (TPSA) is 74.1 Å². The van der Waals surface area contributed by atoms with E-state index >= 15 is 0 Å². The molecule has 1 amide bonds. The van der Waals surface area contributed by atoms with Crippen LogP contribution in [0.5, 0.6) is 17.2 Å². The molecule has 0 aliphatic heterocycles. The number of benzene rings is 1. The molecular weight excluding hydrogens is 334 g/mol. The van der Waals surface area contributed by atoms with E-state index in [1.54, 1.807) is 31.7 Å². The summed E-state index contributed by atoms with van der Waals surface area (Å²) in [5.41, 5.74) is 1.75. The second kappa shape index (κ2) is 7.77. The molecule has 1 aromatic carbocycles. The molecule has 0 saturated carbocycles. The number of ether oxygens (including phenoxy) is 3. The van der Waals surface area contributed by atoms with E-state index < -0.39 is 0 Å². The lowest BCUT2D eigenvalue weighted by molar-refractivity contribution is 0.0940. The number of pyridine rings is 1. The number of nitrogens with zero attached hydrogens (tertiary/aromatic N) is 2. The Morgan fingerprint density at radius 3 is 2.54 bits per heavy atom. The van der Waals surface area contributed by atoms with Crippen LogP contribution in [0.3, 0.4) is 0 Å². The van der Waals surface area contributed by atoms with Crippen molar-refractivity contribution in [2.75, 3.05) is 27.4 Å². The van der Waals surface area contributed by atoms with E-state index in [9.17, 15) is 4.79 Å². The SMILES string of the molecule is COc1ccc(OCCNC(=O)c2c(C)nc3c(OC)cccn23)cc1. The fourth-order valence-corrected chi connectivity index (χ4v) is 2.68. The average Bonchev–Trinajstić information content (AvgIpc) is 3.01. The third-order valence-corrected chi connectivity index (χ3v) is 3.94. The molecule has 1 N–H and O–H groups in total. The minimum atomic E-state index is -0.207. The van der Waals surface area contributed by atoms with E-state index in [1.807, 2.05) is 36.4 Å². The highest BCUT2D eigenvalue weighted by Crippen LogP contribution is 2.21. The highest BCUT2D eigenvalue weighted by Gasteiger charge is 2.18. The van der Waals surface area contributed by atoms with E-state index in [1.165, 1.54) is 0 Å². The first-order valence-corrected chi connectivity index (χ1v) is 8.20. The summed E-state index contributed by atoms with van der Waals surface area (Å²) in [5.74, 6) is 1.90. The van der Waals surface area contributed by atoms with Gasteiger partial charge in [0.2, 0.25) is 0 Å². The minimum absolute atomic E-state index is 0.207. The van der Waals surface area contributed by atoms with Crippen molar-refractivity contribution in [3.8, 4) is 17.2 Å². The number of methoxy groups -OCH3 is 2. The zero-order chi connectivity index (χ0) is 18.5. The van der Waals surface area contributed by atoms with Crippen molar-refractivity contribution in [2.45, 2.75) is 6.92 Å². The van der Waals surface area contributed by atoms with Gasteiger partial charge < -0.3 is 19.5 Å². The smallest absolute Gasteiger partial charge is 0.270 e. The van der Waals surface area contributed by atoms with E-state index in [0.29, 0.717) is 35.9 Å². The first kappa shape index (κ1) is 17.6. The van der Waals surface area contributed by atoms with Crippen molar-refractivity contribution in [2.24, 2.45) is 0 Å². The minimum Gasteiger partial charge on any atom is -0.497 e. The summed E-state index contributed by atoms with van der Waals surface area (Å²) < 4.78 is 17.7. The molecule has 0 unspecified atom stereocenters. The number of carbonyl (C=O) groups excluding carboxylic acids is 1. The fraction of sp³-hybridized carbons (Fsp3) is 0.263. The average molecular weight is 355 g/mol. The maximum absolute atomic E-state index is 12.6. The van der Waals surface area contributed by atoms with E-state index in [-0.39, 0.29) is 5.91 Å². The van der Waals surface area contributed by atoms with Crippen molar-refractivity contribution >= 4 is 11.6 Å². The van der Waals surface area contributed by atoms with Gasteiger partial charge in [0.25, 0.3) is 5.91 Å². The predicted molar refractivity (Wildman–Crippen MR) is 97.3 cm³/mol. The molecule has 0 aliphatic rings. The van der Waals surface area contributed by atoms with Gasteiger partial charge in [-0.25, -0.2) is 4.98 Å². The molecule has 3 rings (SSSR count). The van der Waals surface area contributed by atoms with Crippen LogP contribution in [0.4, 0.5) is 0 Å². The van der Waals surface area contributed by atoms with Crippen molar-refractivity contribution in [3.05, 3.63) is 54.0 Å². The van der Waals surface area contributed by atoms with Gasteiger partial charge in [-0.15, -0.1) is 0 Å². The molecule has 2 aromatic heterocycles. The summed E-state index contributed by atoms with van der Waals surface area (Å²) in [6.45, 7) is 2.54. The molecule has 7 heteroatoms. The Hall–Kier alpha value is -3.22. The van der Waals surface area contributed by atoms with Crippen molar-refractivity contribution in [1.82, 2.24) is 14.7 Å². The molecule has 0 saturated heterocycles. The predicted octanol–water partition coefficient (Wildman–Crippen LogP) is 2.47. The van der Waals surface area contributed by atoms with Crippen molar-refractivity contribution in [1.29, 1.82) is 0 Å². The quantitative estimate of drug-likeness (QED) is 0.659. The van der Waals surface area contributed by atoms with Gasteiger partial charge in [0, 0.05) is 6.20 Å². The zero-order valence-electron chi connectivity index (χ0n) is 15.0. The summed E-state index contributed by atoms with van der Waals surface area (Å²) in [5, 5.41) is 2.86. The van der Waals surface area contributed by atoms with Gasteiger partial charge in [-0.3, -0.25) is 9.20 Å². The van der Waals surface area contributed by atoms with E-state index in [4.69, 9.17) is 14.2 Å². The molecular formula is C19H21N3O4. The molecule has 3 aromatic rings. The van der Waals surface area contributed by atoms with Crippen LogP contribution < -0.4 is 19.5 Å². The summed E-state index contributed by atoms with van der Waals surface area (Å²) in [7, 11) is 3.19. The van der Waals surface area contributed by atoms with Crippen molar-refractivity contribution in [3.63, 3.8) is 0 Å². The second-order valence-corrected chi connectivity index (χ2v) is 5.60. The number of fused-ring (bicyclic) bond motifs is 1. The molecule has 7 nitrogen and oxygen atoms in total. The Bertz CT molecular complexity index is 903. The van der Waals surface area contributed by atoms with Crippen molar-refractivity contribution < 1.29 is 19.0 Å². The zero-order valence-corrected chi connectivity index (χ0v) is 15.0. The summed E-state index contributed by atoms with van der Waals surface area (Å²) in [4.78, 5) is 17.0. The summed E-state index contributed by atoms with van der Waals surface area (Å²) >= 11 is 0. The fourth-order valence-electron chi connectivity index (χ4n) is 2.68. The maximum Gasteiger partial charge on any atom is 0.270 e. The number of nitrogens with one attached hydrogen (secondary N) is 1. The molecule has 136 valence electrons. The Labute approximate surface area is 151 Å². The van der Waals surface area contributed by atoms with Crippen LogP contribution in [0.2, 0.25) is 0 Å². The Balaban J connectivity index is 1.61. The summed E-state index contributed by atoms with van der Waals surface area (Å²) in [6.07, 6.45) is 1.79. The normalized spacial score (nSPS) is 10.6. The first-order chi connectivity index (χ1) is 12.6. The molecule has 0 aliphatic carbocycles. The highest BCUT2D eigenvalue weighted by atomic mass is 16.5. The number of aryl methyl sites for hydroxylation is 1. The molecule has 26 heavy (non-hydrogen) atoms. The van der Waals surface area contributed by atoms with Crippen LogP contribution in [-0.4, -0.2) is 42.7 Å². The lowest BCUT2D eigenvalue weighted by Crippen LogP contribution is -2.29. The van der Waals surface area contributed by atoms with Crippen LogP contribution in [-0.2, 0) is 0 Å².